The second-order valence-corrected chi connectivity index (χ2v) is 8.21. The number of carbonyl (C=O) groups is 2. The van der Waals surface area contributed by atoms with E-state index >= 15 is 0 Å². The molecular weight excluding hydrogens is 380 g/mol. The van der Waals surface area contributed by atoms with Crippen molar-refractivity contribution in [2.45, 2.75) is 37.9 Å². The molecule has 2 aliphatic heterocycles. The molecule has 2 atom stereocenters. The maximum absolute atomic E-state index is 12.8. The Bertz CT molecular complexity index is 921. The van der Waals surface area contributed by atoms with E-state index in [1.165, 1.54) is 5.56 Å². The van der Waals surface area contributed by atoms with Crippen LogP contribution in [-0.4, -0.2) is 54.7 Å². The average Bonchev–Trinajstić information content (AvgIpc) is 3.29. The van der Waals surface area contributed by atoms with Gasteiger partial charge in [0.05, 0.1) is 13.2 Å². The smallest absolute Gasteiger partial charge is 0.251 e. The summed E-state index contributed by atoms with van der Waals surface area (Å²) in [6.45, 7) is 3.53. The number of primary amides is 1. The summed E-state index contributed by atoms with van der Waals surface area (Å²) in [5, 5.41) is 0. The summed E-state index contributed by atoms with van der Waals surface area (Å²) >= 11 is 0. The molecule has 0 aliphatic carbocycles. The molecule has 2 unspecified atom stereocenters. The van der Waals surface area contributed by atoms with Gasteiger partial charge in [-0.05, 0) is 36.5 Å². The van der Waals surface area contributed by atoms with Crippen LogP contribution in [0.5, 0.6) is 0 Å². The van der Waals surface area contributed by atoms with Crippen LogP contribution >= 0.6 is 0 Å². The third-order valence-corrected chi connectivity index (χ3v) is 5.95. The number of ether oxygens (including phenoxy) is 2. The van der Waals surface area contributed by atoms with Crippen molar-refractivity contribution in [1.29, 1.82) is 0 Å². The molecule has 0 radical (unpaired) electrons. The van der Waals surface area contributed by atoms with Crippen molar-refractivity contribution in [2.24, 2.45) is 5.73 Å². The molecule has 6 heteroatoms. The first-order chi connectivity index (χ1) is 14.5. The molecule has 2 N–H and O–H groups in total. The van der Waals surface area contributed by atoms with Crippen molar-refractivity contribution in [3.63, 3.8) is 0 Å². The van der Waals surface area contributed by atoms with Crippen molar-refractivity contribution in [3.8, 4) is 11.1 Å². The monoisotopic (exact) mass is 408 g/mol. The van der Waals surface area contributed by atoms with Gasteiger partial charge in [-0.2, -0.15) is 0 Å². The number of nitrogens with two attached hydrogens (primary N) is 1. The number of carbonyl (C=O) groups excluding carboxylic acids is 2. The minimum atomic E-state index is -1.24. The third kappa shape index (κ3) is 4.25. The van der Waals surface area contributed by atoms with E-state index in [0.29, 0.717) is 19.6 Å². The van der Waals surface area contributed by atoms with Gasteiger partial charge in [-0.15, -0.1) is 0 Å². The molecule has 4 rings (SSSR count). The van der Waals surface area contributed by atoms with Crippen LogP contribution in [0.15, 0.2) is 48.5 Å². The van der Waals surface area contributed by atoms with Crippen molar-refractivity contribution >= 4 is 11.8 Å². The van der Waals surface area contributed by atoms with E-state index in [1.807, 2.05) is 18.2 Å². The standard InChI is InChI=1S/C24H28N2O4/c1-17-7-9-19(10-8-17)20-5-2-4-18(14-20)15-24(23(25)28)16-26(11-13-30-24)22(27)21-6-3-12-29-21/h2,4-5,7-10,14,21H,3,6,11-13,15-16H2,1H3,(H2,25,28). The lowest BCUT2D eigenvalue weighted by Gasteiger charge is -2.41. The molecule has 2 aliphatic rings. The predicted molar refractivity (Wildman–Crippen MR) is 114 cm³/mol. The van der Waals surface area contributed by atoms with Crippen molar-refractivity contribution in [2.75, 3.05) is 26.3 Å². The molecule has 0 bridgehead atoms. The van der Waals surface area contributed by atoms with E-state index < -0.39 is 17.6 Å². The Morgan fingerprint density at radius 3 is 2.63 bits per heavy atom. The molecule has 158 valence electrons. The Kier molecular flexibility index (Phi) is 5.88. The molecule has 2 heterocycles. The first-order valence-electron chi connectivity index (χ1n) is 10.5. The number of aryl methyl sites for hydroxylation is 1. The second kappa shape index (κ2) is 8.58. The summed E-state index contributed by atoms with van der Waals surface area (Å²) in [7, 11) is 0. The summed E-state index contributed by atoms with van der Waals surface area (Å²) in [5.41, 5.74) is 8.88. The minimum Gasteiger partial charge on any atom is -0.368 e. The zero-order chi connectivity index (χ0) is 21.1. The number of benzene rings is 2. The van der Waals surface area contributed by atoms with E-state index in [2.05, 4.69) is 37.3 Å². The Hall–Kier alpha value is -2.70. The Balaban J connectivity index is 1.56. The van der Waals surface area contributed by atoms with Gasteiger partial charge in [-0.3, -0.25) is 9.59 Å². The van der Waals surface area contributed by atoms with E-state index in [9.17, 15) is 9.59 Å². The lowest BCUT2D eigenvalue weighted by Crippen LogP contribution is -2.62. The molecular formula is C24H28N2O4. The molecule has 2 amide bonds. The van der Waals surface area contributed by atoms with Crippen LogP contribution in [-0.2, 0) is 25.5 Å². The molecule has 0 spiro atoms. The third-order valence-electron chi connectivity index (χ3n) is 5.95. The molecule has 2 aromatic carbocycles. The van der Waals surface area contributed by atoms with Crippen LogP contribution in [0.2, 0.25) is 0 Å². The van der Waals surface area contributed by atoms with Gasteiger partial charge in [0, 0.05) is 19.6 Å². The maximum Gasteiger partial charge on any atom is 0.251 e. The number of nitrogens with zero attached hydrogens (tertiary/aromatic N) is 1. The summed E-state index contributed by atoms with van der Waals surface area (Å²) < 4.78 is 11.5. The van der Waals surface area contributed by atoms with Crippen LogP contribution in [0.1, 0.15) is 24.0 Å². The van der Waals surface area contributed by atoms with Crippen LogP contribution in [0.25, 0.3) is 11.1 Å². The van der Waals surface area contributed by atoms with Crippen molar-refractivity contribution in [3.05, 3.63) is 59.7 Å². The Morgan fingerprint density at radius 1 is 1.13 bits per heavy atom. The first-order valence-corrected chi connectivity index (χ1v) is 10.5. The number of hydrogen-bond acceptors (Lipinski definition) is 4. The van der Waals surface area contributed by atoms with Crippen LogP contribution in [0.3, 0.4) is 0 Å². The SMILES string of the molecule is Cc1ccc(-c2cccc(CC3(C(N)=O)CN(C(=O)C4CCCO4)CCO3)c2)cc1. The summed E-state index contributed by atoms with van der Waals surface area (Å²) in [4.78, 5) is 27.0. The zero-order valence-corrected chi connectivity index (χ0v) is 17.3. The largest absolute Gasteiger partial charge is 0.368 e. The number of rotatable bonds is 5. The van der Waals surface area contributed by atoms with E-state index in [4.69, 9.17) is 15.2 Å². The zero-order valence-electron chi connectivity index (χ0n) is 17.3. The van der Waals surface area contributed by atoms with Gasteiger partial charge in [-0.1, -0.05) is 54.1 Å². The highest BCUT2D eigenvalue weighted by Crippen LogP contribution is 2.28. The Morgan fingerprint density at radius 2 is 1.93 bits per heavy atom. The van der Waals surface area contributed by atoms with Crippen LogP contribution < -0.4 is 5.73 Å². The summed E-state index contributed by atoms with van der Waals surface area (Å²) in [6, 6.07) is 16.3. The van der Waals surface area contributed by atoms with E-state index in [-0.39, 0.29) is 19.1 Å². The molecule has 2 saturated heterocycles. The average molecular weight is 408 g/mol. The summed E-state index contributed by atoms with van der Waals surface area (Å²) in [6.07, 6.45) is 1.50. The normalized spacial score (nSPS) is 24.0. The predicted octanol–water partition coefficient (Wildman–Crippen LogP) is 2.47. The van der Waals surface area contributed by atoms with Crippen LogP contribution in [0, 0.1) is 6.92 Å². The minimum absolute atomic E-state index is 0.0742. The van der Waals surface area contributed by atoms with Crippen molar-refractivity contribution in [1.82, 2.24) is 4.90 Å². The first kappa shape index (κ1) is 20.6. The van der Waals surface area contributed by atoms with Gasteiger partial charge in [0.25, 0.3) is 11.8 Å². The van der Waals surface area contributed by atoms with Gasteiger partial charge in [-0.25, -0.2) is 0 Å². The number of morpholine rings is 1. The topological polar surface area (TPSA) is 81.9 Å². The van der Waals surface area contributed by atoms with Crippen molar-refractivity contribution < 1.29 is 19.1 Å². The van der Waals surface area contributed by atoms with Gasteiger partial charge in [0.15, 0.2) is 5.60 Å². The molecule has 30 heavy (non-hydrogen) atoms. The highest BCUT2D eigenvalue weighted by Gasteiger charge is 2.45. The lowest BCUT2D eigenvalue weighted by atomic mass is 9.90. The number of hydrogen-bond donors (Lipinski definition) is 1. The van der Waals surface area contributed by atoms with E-state index in [1.54, 1.807) is 4.90 Å². The second-order valence-electron chi connectivity index (χ2n) is 8.21. The van der Waals surface area contributed by atoms with Crippen LogP contribution in [0.4, 0.5) is 0 Å². The maximum atomic E-state index is 12.8. The highest BCUT2D eigenvalue weighted by atomic mass is 16.5. The lowest BCUT2D eigenvalue weighted by molar-refractivity contribution is -0.167. The summed E-state index contributed by atoms with van der Waals surface area (Å²) in [5.74, 6) is -0.622. The molecule has 2 fully saturated rings. The molecule has 2 aromatic rings. The van der Waals surface area contributed by atoms with Gasteiger partial charge >= 0.3 is 0 Å². The van der Waals surface area contributed by atoms with E-state index in [0.717, 1.165) is 29.5 Å². The molecule has 0 saturated carbocycles. The van der Waals surface area contributed by atoms with Gasteiger partial charge in [0.1, 0.15) is 6.10 Å². The highest BCUT2D eigenvalue weighted by molar-refractivity contribution is 5.87. The van der Waals surface area contributed by atoms with Gasteiger partial charge in [0.2, 0.25) is 0 Å². The fourth-order valence-electron chi connectivity index (χ4n) is 4.23. The fourth-order valence-corrected chi connectivity index (χ4v) is 4.23. The quantitative estimate of drug-likeness (QED) is 0.824. The molecule has 6 nitrogen and oxygen atoms in total. The fraction of sp³-hybridized carbons (Fsp3) is 0.417. The van der Waals surface area contributed by atoms with Gasteiger partial charge < -0.3 is 20.1 Å². The molecule has 0 aromatic heterocycles. The number of amides is 2. The Labute approximate surface area is 177 Å².